The summed E-state index contributed by atoms with van der Waals surface area (Å²) in [4.78, 5) is 11.8. The molecule has 1 heterocycles. The lowest BCUT2D eigenvalue weighted by Gasteiger charge is -2.06. The molecule has 6 heteroatoms. The van der Waals surface area contributed by atoms with Crippen molar-refractivity contribution in [2.45, 2.75) is 6.42 Å². The molecule has 1 aromatic carbocycles. The van der Waals surface area contributed by atoms with E-state index in [4.69, 9.17) is 17.3 Å². The number of para-hydroxylation sites is 1. The van der Waals surface area contributed by atoms with Gasteiger partial charge in [0.1, 0.15) is 0 Å². The average molecular weight is 263 g/mol. The van der Waals surface area contributed by atoms with E-state index in [2.05, 4.69) is 15.5 Å². The van der Waals surface area contributed by atoms with Gasteiger partial charge in [0.25, 0.3) is 0 Å². The van der Waals surface area contributed by atoms with Crippen LogP contribution in [-0.2, 0) is 11.2 Å². The van der Waals surface area contributed by atoms with E-state index >= 15 is 0 Å². The van der Waals surface area contributed by atoms with Gasteiger partial charge in [-0.25, -0.2) is 0 Å². The Bertz CT molecular complexity index is 556. The van der Waals surface area contributed by atoms with E-state index in [1.54, 1.807) is 18.2 Å². The van der Waals surface area contributed by atoms with Gasteiger partial charge in [0, 0.05) is 5.69 Å². The fourth-order valence-electron chi connectivity index (χ4n) is 1.44. The van der Waals surface area contributed by atoms with Gasteiger partial charge in [-0.2, -0.15) is 0 Å². The smallest absolute Gasteiger partial charge is 0.230 e. The maximum absolute atomic E-state index is 11.8. The lowest BCUT2D eigenvalue weighted by atomic mass is 10.1. The van der Waals surface area contributed by atoms with Crippen molar-refractivity contribution in [3.05, 3.63) is 47.1 Å². The first-order chi connectivity index (χ1) is 8.65. The number of amides is 1. The number of anilines is 2. The maximum atomic E-state index is 11.8. The summed E-state index contributed by atoms with van der Waals surface area (Å²) in [6.45, 7) is 0. The van der Waals surface area contributed by atoms with Gasteiger partial charge >= 0.3 is 0 Å². The minimum atomic E-state index is -0.204. The predicted octanol–water partition coefficient (Wildman–Crippen LogP) is 1.89. The second-order valence-electron chi connectivity index (χ2n) is 3.67. The summed E-state index contributed by atoms with van der Waals surface area (Å²) in [6.07, 6.45) is 0.191. The van der Waals surface area contributed by atoms with Gasteiger partial charge in [0.2, 0.25) is 5.91 Å². The fraction of sp³-hybridized carbons (Fsp3) is 0.0833. The summed E-state index contributed by atoms with van der Waals surface area (Å²) in [5, 5.41) is 10.3. The number of hydrogen-bond acceptors (Lipinski definition) is 4. The molecule has 0 aliphatic heterocycles. The highest BCUT2D eigenvalue weighted by Gasteiger charge is 2.07. The van der Waals surface area contributed by atoms with Crippen LogP contribution in [0.1, 0.15) is 5.56 Å². The largest absolute Gasteiger partial charge is 0.398 e. The lowest BCUT2D eigenvalue weighted by Crippen LogP contribution is -2.16. The molecule has 0 spiro atoms. The number of carbonyl (C=O) groups is 1. The Morgan fingerprint density at radius 1 is 1.22 bits per heavy atom. The molecule has 0 saturated heterocycles. The molecule has 0 unspecified atom stereocenters. The van der Waals surface area contributed by atoms with Crippen molar-refractivity contribution >= 4 is 29.0 Å². The highest BCUT2D eigenvalue weighted by Crippen LogP contribution is 2.12. The number of nitrogens with two attached hydrogens (primary N) is 1. The first-order valence-electron chi connectivity index (χ1n) is 5.27. The SMILES string of the molecule is Nc1ccccc1CC(=O)Nc1ccc(Cl)nn1. The summed E-state index contributed by atoms with van der Waals surface area (Å²) in [5.74, 6) is 0.156. The molecule has 0 fully saturated rings. The van der Waals surface area contributed by atoms with Crippen molar-refractivity contribution in [2.75, 3.05) is 11.1 Å². The third kappa shape index (κ3) is 3.18. The van der Waals surface area contributed by atoms with Crippen LogP contribution in [0.5, 0.6) is 0 Å². The van der Waals surface area contributed by atoms with Crippen molar-refractivity contribution in [1.29, 1.82) is 0 Å². The highest BCUT2D eigenvalue weighted by molar-refractivity contribution is 6.29. The highest BCUT2D eigenvalue weighted by atomic mass is 35.5. The quantitative estimate of drug-likeness (QED) is 0.828. The molecule has 0 atom stereocenters. The third-order valence-corrected chi connectivity index (χ3v) is 2.51. The molecule has 0 radical (unpaired) electrons. The Labute approximate surface area is 109 Å². The van der Waals surface area contributed by atoms with Gasteiger partial charge in [0.15, 0.2) is 11.0 Å². The van der Waals surface area contributed by atoms with E-state index in [0.29, 0.717) is 11.5 Å². The first kappa shape index (κ1) is 12.3. The molecule has 5 nitrogen and oxygen atoms in total. The molecule has 0 bridgehead atoms. The zero-order chi connectivity index (χ0) is 13.0. The molecule has 0 aliphatic rings. The summed E-state index contributed by atoms with van der Waals surface area (Å²) < 4.78 is 0. The van der Waals surface area contributed by atoms with Crippen LogP contribution < -0.4 is 11.1 Å². The molecule has 92 valence electrons. The monoisotopic (exact) mass is 262 g/mol. The Morgan fingerprint density at radius 3 is 2.67 bits per heavy atom. The average Bonchev–Trinajstić information content (AvgIpc) is 2.35. The summed E-state index contributed by atoms with van der Waals surface area (Å²) in [5.41, 5.74) is 7.12. The van der Waals surface area contributed by atoms with Crippen molar-refractivity contribution in [3.63, 3.8) is 0 Å². The molecular formula is C12H11ClN4O. The molecule has 1 aromatic heterocycles. The Kier molecular flexibility index (Phi) is 3.74. The van der Waals surface area contributed by atoms with Crippen LogP contribution in [0.2, 0.25) is 5.15 Å². The number of aromatic nitrogens is 2. The van der Waals surface area contributed by atoms with Gasteiger partial charge in [-0.05, 0) is 23.8 Å². The van der Waals surface area contributed by atoms with E-state index in [1.807, 2.05) is 18.2 Å². The van der Waals surface area contributed by atoms with Gasteiger partial charge in [-0.1, -0.05) is 29.8 Å². The van der Waals surface area contributed by atoms with Gasteiger partial charge < -0.3 is 11.1 Å². The molecule has 0 saturated carbocycles. The third-order valence-electron chi connectivity index (χ3n) is 2.31. The topological polar surface area (TPSA) is 80.9 Å². The predicted molar refractivity (Wildman–Crippen MR) is 70.2 cm³/mol. The van der Waals surface area contributed by atoms with E-state index < -0.39 is 0 Å². The lowest BCUT2D eigenvalue weighted by molar-refractivity contribution is -0.115. The van der Waals surface area contributed by atoms with E-state index in [1.165, 1.54) is 0 Å². The van der Waals surface area contributed by atoms with Crippen LogP contribution in [0.3, 0.4) is 0 Å². The molecular weight excluding hydrogens is 252 g/mol. The molecule has 18 heavy (non-hydrogen) atoms. The number of carbonyl (C=O) groups excluding carboxylic acids is 1. The van der Waals surface area contributed by atoms with E-state index in [-0.39, 0.29) is 17.5 Å². The second kappa shape index (κ2) is 5.46. The standard InChI is InChI=1S/C12H11ClN4O/c13-10-5-6-11(17-16-10)15-12(18)7-8-3-1-2-4-9(8)14/h1-6H,7,14H2,(H,15,17,18). The first-order valence-corrected chi connectivity index (χ1v) is 5.65. The van der Waals surface area contributed by atoms with Crippen molar-refractivity contribution in [3.8, 4) is 0 Å². The van der Waals surface area contributed by atoms with Crippen LogP contribution >= 0.6 is 11.6 Å². The number of rotatable bonds is 3. The van der Waals surface area contributed by atoms with Crippen molar-refractivity contribution in [2.24, 2.45) is 0 Å². The zero-order valence-corrected chi connectivity index (χ0v) is 10.2. The molecule has 3 N–H and O–H groups in total. The molecule has 2 rings (SSSR count). The van der Waals surface area contributed by atoms with E-state index in [9.17, 15) is 4.79 Å². The number of hydrogen-bond donors (Lipinski definition) is 2. The Balaban J connectivity index is 2.01. The number of halogens is 1. The summed E-state index contributed by atoms with van der Waals surface area (Å²) in [6, 6.07) is 10.4. The van der Waals surface area contributed by atoms with Crippen molar-refractivity contribution in [1.82, 2.24) is 10.2 Å². The minimum absolute atomic E-state index is 0.191. The van der Waals surface area contributed by atoms with Crippen LogP contribution in [0.15, 0.2) is 36.4 Å². The van der Waals surface area contributed by atoms with Crippen LogP contribution in [0.25, 0.3) is 0 Å². The van der Waals surface area contributed by atoms with Gasteiger partial charge in [-0.15, -0.1) is 10.2 Å². The van der Waals surface area contributed by atoms with Crippen LogP contribution in [-0.4, -0.2) is 16.1 Å². The second-order valence-corrected chi connectivity index (χ2v) is 4.05. The number of nitrogens with zero attached hydrogens (tertiary/aromatic N) is 2. The number of nitrogen functional groups attached to an aromatic ring is 1. The normalized spacial score (nSPS) is 10.1. The van der Waals surface area contributed by atoms with Crippen LogP contribution in [0.4, 0.5) is 11.5 Å². The molecule has 2 aromatic rings. The fourth-order valence-corrected chi connectivity index (χ4v) is 1.54. The summed E-state index contributed by atoms with van der Waals surface area (Å²) >= 11 is 5.60. The number of nitrogens with one attached hydrogen (secondary N) is 1. The zero-order valence-electron chi connectivity index (χ0n) is 9.43. The van der Waals surface area contributed by atoms with Gasteiger partial charge in [-0.3, -0.25) is 4.79 Å². The Hall–Kier alpha value is -2.14. The van der Waals surface area contributed by atoms with Gasteiger partial charge in [0.05, 0.1) is 6.42 Å². The molecule has 1 amide bonds. The maximum Gasteiger partial charge on any atom is 0.230 e. The Morgan fingerprint density at radius 2 is 2.00 bits per heavy atom. The summed E-state index contributed by atoms with van der Waals surface area (Å²) in [7, 11) is 0. The van der Waals surface area contributed by atoms with E-state index in [0.717, 1.165) is 5.56 Å². The minimum Gasteiger partial charge on any atom is -0.398 e. The van der Waals surface area contributed by atoms with Crippen LogP contribution in [0, 0.1) is 0 Å². The number of benzene rings is 1. The molecule has 0 aliphatic carbocycles. The van der Waals surface area contributed by atoms with Crippen molar-refractivity contribution < 1.29 is 4.79 Å².